The molecule has 0 N–H and O–H groups in total. The zero-order valence-corrected chi connectivity index (χ0v) is 22.3. The van der Waals surface area contributed by atoms with Gasteiger partial charge in [0.1, 0.15) is 11.4 Å². The zero-order chi connectivity index (χ0) is 23.7. The van der Waals surface area contributed by atoms with E-state index in [1.54, 1.807) is 35.6 Å². The van der Waals surface area contributed by atoms with E-state index >= 15 is 0 Å². The first kappa shape index (κ1) is 24.9. The second-order valence-electron chi connectivity index (χ2n) is 9.62. The molecule has 0 saturated carbocycles. The number of carbonyl (C=O) groups is 1. The predicted octanol–water partition coefficient (Wildman–Crippen LogP) is 5.59. The molecule has 3 atom stereocenters. The highest BCUT2D eigenvalue weighted by molar-refractivity contribution is 7.80. The number of fused-ring (bicyclic) bond motifs is 1. The topological polar surface area (TPSA) is 65.3 Å². The maximum Gasteiger partial charge on any atom is 0.410 e. The van der Waals surface area contributed by atoms with Crippen LogP contribution in [0.4, 0.5) is 4.79 Å². The summed E-state index contributed by atoms with van der Waals surface area (Å²) in [5.74, 6) is 0. The summed E-state index contributed by atoms with van der Waals surface area (Å²) in [6.07, 6.45) is 6.87. The van der Waals surface area contributed by atoms with Gasteiger partial charge in [-0.05, 0) is 36.8 Å². The SMILES string of the molecule is C=CCOC(=O)N1C[C@H](O[Si](C)(C)C(C)(C)C)C[C@H]1C(OC(C)=S)c1cn2cncc2s1. The molecule has 2 aromatic rings. The molecule has 1 fully saturated rings. The van der Waals surface area contributed by atoms with Crippen molar-refractivity contribution in [2.45, 2.75) is 70.5 Å². The van der Waals surface area contributed by atoms with Gasteiger partial charge in [-0.2, -0.15) is 0 Å². The summed E-state index contributed by atoms with van der Waals surface area (Å²) in [6.45, 7) is 17.1. The maximum absolute atomic E-state index is 13.0. The molecule has 10 heteroatoms. The minimum absolute atomic E-state index is 0.0700. The summed E-state index contributed by atoms with van der Waals surface area (Å²) in [4.78, 5) is 20.9. The first-order chi connectivity index (χ1) is 14.9. The Balaban J connectivity index is 1.93. The minimum atomic E-state index is -2.02. The summed E-state index contributed by atoms with van der Waals surface area (Å²) in [5.41, 5.74) is 0. The van der Waals surface area contributed by atoms with Gasteiger partial charge in [0.15, 0.2) is 19.5 Å². The Bertz CT molecular complexity index is 953. The summed E-state index contributed by atoms with van der Waals surface area (Å²) in [7, 11) is -2.02. The quantitative estimate of drug-likeness (QED) is 0.283. The number of thiazole rings is 1. The Morgan fingerprint density at radius 2 is 2.19 bits per heavy atom. The molecule has 1 amide bonds. The van der Waals surface area contributed by atoms with E-state index in [-0.39, 0.29) is 23.8 Å². The van der Waals surface area contributed by atoms with Crippen LogP contribution in [-0.4, -0.2) is 59.0 Å². The van der Waals surface area contributed by atoms with Crippen LogP contribution in [0.5, 0.6) is 0 Å². The number of ether oxygens (including phenoxy) is 2. The second-order valence-corrected chi connectivity index (χ2v) is 16.0. The molecule has 176 valence electrons. The summed E-state index contributed by atoms with van der Waals surface area (Å²) in [5, 5.41) is 0.500. The van der Waals surface area contributed by atoms with Crippen LogP contribution in [0.1, 0.15) is 45.1 Å². The molecule has 0 aromatic carbocycles. The van der Waals surface area contributed by atoms with Gasteiger partial charge in [0, 0.05) is 19.7 Å². The van der Waals surface area contributed by atoms with Crippen molar-refractivity contribution in [1.29, 1.82) is 0 Å². The van der Waals surface area contributed by atoms with Gasteiger partial charge in [0.25, 0.3) is 0 Å². The van der Waals surface area contributed by atoms with E-state index in [1.807, 2.05) is 16.8 Å². The van der Waals surface area contributed by atoms with Crippen molar-refractivity contribution >= 4 is 47.8 Å². The number of hydrogen-bond donors (Lipinski definition) is 0. The molecular weight excluding hydrogens is 462 g/mol. The van der Waals surface area contributed by atoms with Gasteiger partial charge < -0.3 is 13.9 Å². The van der Waals surface area contributed by atoms with Crippen LogP contribution in [0.3, 0.4) is 0 Å². The number of aromatic nitrogens is 2. The minimum Gasteiger partial charge on any atom is -0.476 e. The lowest BCUT2D eigenvalue weighted by molar-refractivity contribution is 0.0637. The molecular formula is C22H33N3O4S2Si. The van der Waals surface area contributed by atoms with Crippen molar-refractivity contribution in [2.24, 2.45) is 0 Å². The van der Waals surface area contributed by atoms with E-state index in [1.165, 1.54) is 0 Å². The van der Waals surface area contributed by atoms with Gasteiger partial charge in [0.05, 0.1) is 29.5 Å². The first-order valence-corrected chi connectivity index (χ1v) is 14.9. The number of imidazole rings is 1. The number of amides is 1. The van der Waals surface area contributed by atoms with Crippen molar-refractivity contribution in [3.8, 4) is 0 Å². The molecule has 0 radical (unpaired) electrons. The summed E-state index contributed by atoms with van der Waals surface area (Å²) < 4.78 is 20.2. The van der Waals surface area contributed by atoms with Crippen molar-refractivity contribution in [3.05, 3.63) is 36.3 Å². The Kier molecular flexibility index (Phi) is 7.48. The van der Waals surface area contributed by atoms with E-state index < -0.39 is 20.5 Å². The van der Waals surface area contributed by atoms with Crippen LogP contribution in [0.25, 0.3) is 4.83 Å². The number of likely N-dealkylation sites (tertiary alicyclic amines) is 1. The highest BCUT2D eigenvalue weighted by Gasteiger charge is 2.47. The average molecular weight is 496 g/mol. The predicted molar refractivity (Wildman–Crippen MR) is 134 cm³/mol. The van der Waals surface area contributed by atoms with Gasteiger partial charge >= 0.3 is 6.09 Å². The van der Waals surface area contributed by atoms with E-state index in [4.69, 9.17) is 26.1 Å². The molecule has 1 aliphatic rings. The van der Waals surface area contributed by atoms with Crippen LogP contribution in [0.15, 0.2) is 31.4 Å². The molecule has 1 aliphatic heterocycles. The fourth-order valence-electron chi connectivity index (χ4n) is 3.60. The van der Waals surface area contributed by atoms with Gasteiger partial charge in [-0.25, -0.2) is 9.78 Å². The molecule has 1 saturated heterocycles. The van der Waals surface area contributed by atoms with Crippen LogP contribution >= 0.6 is 23.6 Å². The molecule has 32 heavy (non-hydrogen) atoms. The first-order valence-electron chi connectivity index (χ1n) is 10.7. The fourth-order valence-corrected chi connectivity index (χ4v) is 6.11. The summed E-state index contributed by atoms with van der Waals surface area (Å²) >= 11 is 6.88. The second kappa shape index (κ2) is 9.62. The van der Waals surface area contributed by atoms with Crippen LogP contribution in [0.2, 0.25) is 18.1 Å². The third kappa shape index (κ3) is 5.41. The van der Waals surface area contributed by atoms with Crippen molar-refractivity contribution < 1.29 is 18.7 Å². The standard InChI is InChI=1S/C22H33N3O4S2Si/c1-8-9-27-21(26)25-12-16(29-32(6,7)22(3,4)5)10-17(25)20(28-15(2)30)18-13-24-14-23-11-19(24)31-18/h8,11,13-14,16-17,20H,1,9-10,12H2,2-7H3/t16-,17+,20?/m1/s1. The molecule has 3 rings (SSSR count). The molecule has 0 bridgehead atoms. The van der Waals surface area contributed by atoms with Crippen LogP contribution < -0.4 is 0 Å². The molecule has 0 aliphatic carbocycles. The summed E-state index contributed by atoms with van der Waals surface area (Å²) in [6, 6.07) is -0.267. The lowest BCUT2D eigenvalue weighted by atomic mass is 10.1. The third-order valence-electron chi connectivity index (χ3n) is 6.17. The van der Waals surface area contributed by atoms with Crippen molar-refractivity contribution in [3.63, 3.8) is 0 Å². The highest BCUT2D eigenvalue weighted by atomic mass is 32.1. The van der Waals surface area contributed by atoms with Crippen LogP contribution in [0, 0.1) is 0 Å². The average Bonchev–Trinajstić information content (AvgIpc) is 3.37. The zero-order valence-electron chi connectivity index (χ0n) is 19.7. The Hall–Kier alpha value is -1.75. The normalized spacial score (nSPS) is 20.4. The lowest BCUT2D eigenvalue weighted by Crippen LogP contribution is -2.45. The number of rotatable bonds is 7. The lowest BCUT2D eigenvalue weighted by Gasteiger charge is -2.38. The van der Waals surface area contributed by atoms with Crippen molar-refractivity contribution in [1.82, 2.24) is 14.3 Å². The highest BCUT2D eigenvalue weighted by Crippen LogP contribution is 2.42. The van der Waals surface area contributed by atoms with Crippen LogP contribution in [-0.2, 0) is 13.9 Å². The van der Waals surface area contributed by atoms with Crippen molar-refractivity contribution in [2.75, 3.05) is 13.2 Å². The number of carbonyl (C=O) groups excluding carboxylic acids is 1. The Morgan fingerprint density at radius 3 is 2.78 bits per heavy atom. The smallest absolute Gasteiger partial charge is 0.410 e. The fraction of sp³-hybridized carbons (Fsp3) is 0.591. The number of hydrogen-bond acceptors (Lipinski definition) is 7. The molecule has 7 nitrogen and oxygen atoms in total. The molecule has 3 heterocycles. The third-order valence-corrected chi connectivity index (χ3v) is 11.9. The van der Waals surface area contributed by atoms with E-state index in [2.05, 4.69) is 45.4 Å². The van der Waals surface area contributed by atoms with E-state index in [0.717, 1.165) is 9.71 Å². The van der Waals surface area contributed by atoms with E-state index in [0.29, 0.717) is 18.0 Å². The monoisotopic (exact) mass is 495 g/mol. The molecule has 2 aromatic heterocycles. The molecule has 1 unspecified atom stereocenters. The molecule has 0 spiro atoms. The number of thiocarbonyl (C=S) groups is 1. The Morgan fingerprint density at radius 1 is 1.47 bits per heavy atom. The van der Waals surface area contributed by atoms with Gasteiger partial charge in [-0.1, -0.05) is 33.4 Å². The van der Waals surface area contributed by atoms with Gasteiger partial charge in [0.2, 0.25) is 0 Å². The number of nitrogens with zero attached hydrogens (tertiary/aromatic N) is 3. The van der Waals surface area contributed by atoms with Gasteiger partial charge in [-0.3, -0.25) is 9.30 Å². The maximum atomic E-state index is 13.0. The van der Waals surface area contributed by atoms with Gasteiger partial charge in [-0.15, -0.1) is 11.3 Å². The Labute approximate surface area is 200 Å². The largest absolute Gasteiger partial charge is 0.476 e. The van der Waals surface area contributed by atoms with E-state index in [9.17, 15) is 4.79 Å².